The van der Waals surface area contributed by atoms with Crippen molar-refractivity contribution in [1.82, 2.24) is 14.8 Å². The van der Waals surface area contributed by atoms with Gasteiger partial charge in [0.2, 0.25) is 0 Å². The largest absolute Gasteiger partial charge is 0.304 e. The van der Waals surface area contributed by atoms with E-state index in [0.717, 1.165) is 12.8 Å². The molecule has 0 bridgehead atoms. The van der Waals surface area contributed by atoms with E-state index >= 15 is 0 Å². The summed E-state index contributed by atoms with van der Waals surface area (Å²) in [6.07, 6.45) is 1.91. The summed E-state index contributed by atoms with van der Waals surface area (Å²) in [6.45, 7) is 0. The van der Waals surface area contributed by atoms with Gasteiger partial charge in [-0.1, -0.05) is 31.9 Å². The number of aromatic nitrogens is 3. The molecule has 1 aliphatic rings. The Morgan fingerprint density at radius 3 is 1.67 bits per heavy atom. The maximum Gasteiger partial charge on any atom is 0.167 e. The summed E-state index contributed by atoms with van der Waals surface area (Å²) >= 11 is 6.50. The number of hydrogen-bond donors (Lipinski definition) is 0. The second-order valence-electron chi connectivity index (χ2n) is 5.70. The van der Waals surface area contributed by atoms with E-state index in [1.54, 1.807) is 24.3 Å². The Morgan fingerprint density at radius 1 is 0.833 bits per heavy atom. The molecule has 2 aromatic carbocycles. The van der Waals surface area contributed by atoms with E-state index in [1.165, 1.54) is 12.1 Å². The van der Waals surface area contributed by atoms with Gasteiger partial charge in [-0.15, -0.1) is 10.2 Å². The van der Waals surface area contributed by atoms with Crippen molar-refractivity contribution in [3.63, 3.8) is 0 Å². The lowest BCUT2D eigenvalue weighted by Gasteiger charge is -2.10. The third kappa shape index (κ3) is 2.80. The van der Waals surface area contributed by atoms with Crippen molar-refractivity contribution >= 4 is 31.9 Å². The molecule has 0 saturated heterocycles. The fraction of sp³-hybridized carbons (Fsp3) is 0.176. The SMILES string of the molecule is Fc1cc(Br)ccc1-c1nnc(-c2ccc(Br)cc2F)n1C1CC1. The van der Waals surface area contributed by atoms with Crippen molar-refractivity contribution in [2.24, 2.45) is 0 Å². The first-order valence-corrected chi connectivity index (χ1v) is 8.99. The minimum atomic E-state index is -0.387. The number of benzene rings is 2. The van der Waals surface area contributed by atoms with Gasteiger partial charge in [0.1, 0.15) is 11.6 Å². The monoisotopic (exact) mass is 453 g/mol. The molecule has 24 heavy (non-hydrogen) atoms. The van der Waals surface area contributed by atoms with Gasteiger partial charge in [-0.05, 0) is 49.2 Å². The molecule has 0 radical (unpaired) electrons. The van der Waals surface area contributed by atoms with Crippen LogP contribution in [-0.4, -0.2) is 14.8 Å². The first-order valence-electron chi connectivity index (χ1n) is 7.40. The predicted molar refractivity (Wildman–Crippen MR) is 94.5 cm³/mol. The second kappa shape index (κ2) is 6.04. The molecule has 0 unspecified atom stereocenters. The molecule has 0 N–H and O–H groups in total. The van der Waals surface area contributed by atoms with E-state index in [0.29, 0.717) is 31.7 Å². The molecule has 1 fully saturated rings. The molecule has 1 heterocycles. The molecule has 0 spiro atoms. The molecule has 0 aliphatic heterocycles. The van der Waals surface area contributed by atoms with Crippen LogP contribution < -0.4 is 0 Å². The van der Waals surface area contributed by atoms with E-state index in [2.05, 4.69) is 42.1 Å². The lowest BCUT2D eigenvalue weighted by Crippen LogP contribution is -2.02. The maximum atomic E-state index is 14.4. The van der Waals surface area contributed by atoms with Crippen LogP contribution in [0.1, 0.15) is 18.9 Å². The van der Waals surface area contributed by atoms with Crippen LogP contribution in [0.3, 0.4) is 0 Å². The summed E-state index contributed by atoms with van der Waals surface area (Å²) in [5.41, 5.74) is 0.725. The maximum absolute atomic E-state index is 14.4. The number of rotatable bonds is 3. The third-order valence-corrected chi connectivity index (χ3v) is 4.94. The Hall–Kier alpha value is -1.60. The summed E-state index contributed by atoms with van der Waals surface area (Å²) in [4.78, 5) is 0. The van der Waals surface area contributed by atoms with Crippen LogP contribution in [-0.2, 0) is 0 Å². The van der Waals surface area contributed by atoms with Gasteiger partial charge in [-0.2, -0.15) is 0 Å². The predicted octanol–water partition coefficient (Wildman–Crippen LogP) is 5.75. The van der Waals surface area contributed by atoms with Gasteiger partial charge in [0, 0.05) is 15.0 Å². The second-order valence-corrected chi connectivity index (χ2v) is 7.53. The van der Waals surface area contributed by atoms with Crippen LogP contribution in [0.15, 0.2) is 45.3 Å². The smallest absolute Gasteiger partial charge is 0.167 e. The Bertz CT molecular complexity index is 867. The summed E-state index contributed by atoms with van der Waals surface area (Å²) in [5.74, 6) is 0.0858. The highest BCUT2D eigenvalue weighted by molar-refractivity contribution is 9.10. The van der Waals surface area contributed by atoms with Gasteiger partial charge in [-0.25, -0.2) is 8.78 Å². The van der Waals surface area contributed by atoms with Gasteiger partial charge in [-0.3, -0.25) is 0 Å². The highest BCUT2D eigenvalue weighted by Gasteiger charge is 2.32. The summed E-state index contributed by atoms with van der Waals surface area (Å²) in [7, 11) is 0. The van der Waals surface area contributed by atoms with Gasteiger partial charge in [0.05, 0.1) is 11.1 Å². The molecule has 3 aromatic rings. The summed E-state index contributed by atoms with van der Waals surface area (Å²) in [6, 6.07) is 9.78. The molecule has 0 atom stereocenters. The van der Waals surface area contributed by atoms with Crippen LogP contribution >= 0.6 is 31.9 Å². The average Bonchev–Trinajstić information content (AvgIpc) is 3.27. The number of hydrogen-bond acceptors (Lipinski definition) is 2. The highest BCUT2D eigenvalue weighted by Crippen LogP contribution is 2.42. The van der Waals surface area contributed by atoms with Crippen molar-refractivity contribution < 1.29 is 8.78 Å². The first-order chi connectivity index (χ1) is 11.5. The fourth-order valence-corrected chi connectivity index (χ4v) is 3.35. The Labute approximate surface area is 154 Å². The van der Waals surface area contributed by atoms with Crippen LogP contribution in [0.5, 0.6) is 0 Å². The Balaban J connectivity index is 1.90. The third-order valence-electron chi connectivity index (χ3n) is 3.95. The lowest BCUT2D eigenvalue weighted by molar-refractivity contribution is 0.623. The summed E-state index contributed by atoms with van der Waals surface area (Å²) in [5, 5.41) is 8.31. The van der Waals surface area contributed by atoms with Gasteiger partial charge >= 0.3 is 0 Å². The van der Waals surface area contributed by atoms with Crippen molar-refractivity contribution in [3.05, 3.63) is 57.0 Å². The fourth-order valence-electron chi connectivity index (χ4n) is 2.68. The van der Waals surface area contributed by atoms with Gasteiger partial charge in [0.15, 0.2) is 11.6 Å². The zero-order chi connectivity index (χ0) is 16.8. The molecular formula is C17H11Br2F2N3. The Kier molecular flexibility index (Phi) is 4.00. The Morgan fingerprint density at radius 2 is 1.29 bits per heavy atom. The van der Waals surface area contributed by atoms with Crippen molar-refractivity contribution in [1.29, 1.82) is 0 Å². The summed E-state index contributed by atoms with van der Waals surface area (Å²) < 4.78 is 31.9. The minimum Gasteiger partial charge on any atom is -0.304 e. The first kappa shape index (κ1) is 15.9. The molecule has 122 valence electrons. The molecular weight excluding hydrogens is 444 g/mol. The molecule has 0 amide bonds. The van der Waals surface area contributed by atoms with Crippen LogP contribution in [0.25, 0.3) is 22.8 Å². The lowest BCUT2D eigenvalue weighted by atomic mass is 10.1. The van der Waals surface area contributed by atoms with E-state index in [-0.39, 0.29) is 17.7 Å². The number of nitrogens with zero attached hydrogens (tertiary/aromatic N) is 3. The average molecular weight is 455 g/mol. The standard InChI is InChI=1S/C17H11Br2F2N3/c18-9-1-5-12(14(20)7-9)16-22-23-17(24(16)11-3-4-11)13-6-2-10(19)8-15(13)21/h1-2,5-8,11H,3-4H2. The zero-order valence-electron chi connectivity index (χ0n) is 12.3. The molecule has 1 aliphatic carbocycles. The molecule has 3 nitrogen and oxygen atoms in total. The van der Waals surface area contributed by atoms with Gasteiger partial charge < -0.3 is 4.57 Å². The van der Waals surface area contributed by atoms with Crippen LogP contribution in [0.4, 0.5) is 8.78 Å². The topological polar surface area (TPSA) is 30.7 Å². The minimum absolute atomic E-state index is 0.177. The van der Waals surface area contributed by atoms with Crippen molar-refractivity contribution in [2.75, 3.05) is 0 Å². The van der Waals surface area contributed by atoms with E-state index in [1.807, 2.05) is 4.57 Å². The highest BCUT2D eigenvalue weighted by atomic mass is 79.9. The van der Waals surface area contributed by atoms with Crippen molar-refractivity contribution in [2.45, 2.75) is 18.9 Å². The van der Waals surface area contributed by atoms with Crippen LogP contribution in [0.2, 0.25) is 0 Å². The normalized spacial score (nSPS) is 14.2. The van der Waals surface area contributed by atoms with Crippen LogP contribution in [0, 0.1) is 11.6 Å². The molecule has 4 rings (SSSR count). The number of halogens is 4. The van der Waals surface area contributed by atoms with E-state index in [4.69, 9.17) is 0 Å². The molecule has 7 heteroatoms. The molecule has 1 saturated carbocycles. The van der Waals surface area contributed by atoms with Crippen molar-refractivity contribution in [3.8, 4) is 22.8 Å². The zero-order valence-corrected chi connectivity index (χ0v) is 15.5. The van der Waals surface area contributed by atoms with E-state index < -0.39 is 0 Å². The quantitative estimate of drug-likeness (QED) is 0.504. The van der Waals surface area contributed by atoms with Gasteiger partial charge in [0.25, 0.3) is 0 Å². The van der Waals surface area contributed by atoms with E-state index in [9.17, 15) is 8.78 Å². The molecule has 1 aromatic heterocycles.